The number of nitrogens with one attached hydrogen (secondary N) is 1. The Bertz CT molecular complexity index is 1100. The zero-order valence-corrected chi connectivity index (χ0v) is 17.9. The summed E-state index contributed by atoms with van der Waals surface area (Å²) in [5.74, 6) is 0.00832. The first-order valence-electron chi connectivity index (χ1n) is 9.12. The van der Waals surface area contributed by atoms with Crippen LogP contribution in [0.5, 0.6) is 5.75 Å². The molecule has 1 amide bonds. The third kappa shape index (κ3) is 5.38. The van der Waals surface area contributed by atoms with Crippen LogP contribution >= 0.6 is 11.6 Å². The van der Waals surface area contributed by atoms with Gasteiger partial charge in [0, 0.05) is 11.6 Å². The summed E-state index contributed by atoms with van der Waals surface area (Å²) in [4.78, 5) is 12.8. The second-order valence-electron chi connectivity index (χ2n) is 6.46. The van der Waals surface area contributed by atoms with Gasteiger partial charge in [-0.2, -0.15) is 4.31 Å². The van der Waals surface area contributed by atoms with Crippen LogP contribution in [0.3, 0.4) is 0 Å². The average molecular weight is 445 g/mol. The van der Waals surface area contributed by atoms with Crippen LogP contribution in [0.2, 0.25) is 5.02 Å². The number of ether oxygens (including phenoxy) is 1. The molecule has 3 rings (SSSR count). The van der Waals surface area contributed by atoms with Crippen LogP contribution in [0.25, 0.3) is 0 Å². The van der Waals surface area contributed by atoms with Crippen LogP contribution in [0, 0.1) is 0 Å². The van der Waals surface area contributed by atoms with Gasteiger partial charge in [-0.3, -0.25) is 4.79 Å². The van der Waals surface area contributed by atoms with Gasteiger partial charge in [0.05, 0.1) is 24.2 Å². The Morgan fingerprint density at radius 2 is 1.60 bits per heavy atom. The van der Waals surface area contributed by atoms with Gasteiger partial charge in [-0.25, -0.2) is 8.42 Å². The van der Waals surface area contributed by atoms with Crippen molar-refractivity contribution in [1.29, 1.82) is 0 Å². The number of para-hydroxylation sites is 2. The Labute approximate surface area is 181 Å². The van der Waals surface area contributed by atoms with E-state index in [1.165, 1.54) is 19.2 Å². The molecule has 30 heavy (non-hydrogen) atoms. The number of carbonyl (C=O) groups excluding carboxylic acids is 1. The van der Waals surface area contributed by atoms with E-state index in [-0.39, 0.29) is 18.0 Å². The molecule has 156 valence electrons. The molecule has 0 unspecified atom stereocenters. The number of nitrogens with zero attached hydrogens (tertiary/aromatic N) is 1. The van der Waals surface area contributed by atoms with Crippen molar-refractivity contribution in [3.63, 3.8) is 0 Å². The number of rotatable bonds is 8. The zero-order chi connectivity index (χ0) is 21.6. The first-order chi connectivity index (χ1) is 14.4. The molecule has 3 aromatic rings. The summed E-state index contributed by atoms with van der Waals surface area (Å²) in [6, 6.07) is 21.8. The smallest absolute Gasteiger partial charge is 0.243 e. The predicted octanol–water partition coefficient (Wildman–Crippen LogP) is 4.18. The highest BCUT2D eigenvalue weighted by Crippen LogP contribution is 2.24. The van der Waals surface area contributed by atoms with E-state index in [1.54, 1.807) is 66.7 Å². The Balaban J connectivity index is 1.87. The van der Waals surface area contributed by atoms with Crippen molar-refractivity contribution < 1.29 is 17.9 Å². The summed E-state index contributed by atoms with van der Waals surface area (Å²) < 4.78 is 32.8. The number of hydrogen-bond acceptors (Lipinski definition) is 4. The van der Waals surface area contributed by atoms with Gasteiger partial charge in [-0.15, -0.1) is 0 Å². The monoisotopic (exact) mass is 444 g/mol. The first-order valence-corrected chi connectivity index (χ1v) is 10.9. The van der Waals surface area contributed by atoms with E-state index < -0.39 is 15.9 Å². The molecule has 0 saturated carbocycles. The average Bonchev–Trinajstić information content (AvgIpc) is 2.75. The summed E-state index contributed by atoms with van der Waals surface area (Å²) >= 11 is 5.93. The molecule has 0 fully saturated rings. The first kappa shape index (κ1) is 21.8. The van der Waals surface area contributed by atoms with Gasteiger partial charge in [-0.05, 0) is 42.0 Å². The second-order valence-corrected chi connectivity index (χ2v) is 8.84. The lowest BCUT2D eigenvalue weighted by atomic mass is 10.2. The standard InChI is InChI=1S/C22H21ClN2O4S/c1-29-21-10-6-5-9-20(21)24-22(26)16-25(15-17-11-13-18(23)14-12-17)30(27,28)19-7-3-2-4-8-19/h2-14H,15-16H2,1H3,(H,24,26). The number of hydrogen-bond donors (Lipinski definition) is 1. The maximum absolute atomic E-state index is 13.2. The third-order valence-electron chi connectivity index (χ3n) is 4.35. The molecule has 6 nitrogen and oxygen atoms in total. The number of methoxy groups -OCH3 is 1. The van der Waals surface area contributed by atoms with Crippen molar-refractivity contribution >= 4 is 33.2 Å². The normalized spacial score (nSPS) is 11.3. The minimum Gasteiger partial charge on any atom is -0.495 e. The molecule has 8 heteroatoms. The fourth-order valence-corrected chi connectivity index (χ4v) is 4.39. The van der Waals surface area contributed by atoms with Gasteiger partial charge in [0.25, 0.3) is 0 Å². The number of amides is 1. The van der Waals surface area contributed by atoms with Gasteiger partial charge in [0.1, 0.15) is 5.75 Å². The van der Waals surface area contributed by atoms with Gasteiger partial charge < -0.3 is 10.1 Å². The second kappa shape index (κ2) is 9.75. The van der Waals surface area contributed by atoms with Crippen LogP contribution in [-0.2, 0) is 21.4 Å². The molecule has 0 aromatic heterocycles. The minimum atomic E-state index is -3.90. The molecule has 0 aliphatic heterocycles. The third-order valence-corrected chi connectivity index (χ3v) is 6.41. The van der Waals surface area contributed by atoms with Crippen molar-refractivity contribution in [3.8, 4) is 5.75 Å². The summed E-state index contributed by atoms with van der Waals surface area (Å²) in [6.07, 6.45) is 0. The van der Waals surface area contributed by atoms with Crippen LogP contribution < -0.4 is 10.1 Å². The molecule has 0 aliphatic carbocycles. The molecule has 0 aliphatic rings. The number of sulfonamides is 1. The van der Waals surface area contributed by atoms with E-state index in [2.05, 4.69) is 5.32 Å². The molecule has 1 N–H and O–H groups in total. The lowest BCUT2D eigenvalue weighted by Gasteiger charge is -2.22. The predicted molar refractivity (Wildman–Crippen MR) is 117 cm³/mol. The molecule has 0 atom stereocenters. The van der Waals surface area contributed by atoms with E-state index in [4.69, 9.17) is 16.3 Å². The van der Waals surface area contributed by atoms with Crippen LogP contribution in [-0.4, -0.2) is 32.3 Å². The number of benzene rings is 3. The SMILES string of the molecule is COc1ccccc1NC(=O)CN(Cc1ccc(Cl)cc1)S(=O)(=O)c1ccccc1. The van der Waals surface area contributed by atoms with Crippen LogP contribution in [0.4, 0.5) is 5.69 Å². The van der Waals surface area contributed by atoms with Crippen molar-refractivity contribution in [1.82, 2.24) is 4.31 Å². The molecular formula is C22H21ClN2O4S. The van der Waals surface area contributed by atoms with Gasteiger partial charge in [-0.1, -0.05) is 54.1 Å². The lowest BCUT2D eigenvalue weighted by Crippen LogP contribution is -2.37. The van der Waals surface area contributed by atoms with Crippen LogP contribution in [0.1, 0.15) is 5.56 Å². The van der Waals surface area contributed by atoms with Gasteiger partial charge in [0.2, 0.25) is 15.9 Å². The topological polar surface area (TPSA) is 75.7 Å². The Hall–Kier alpha value is -2.87. The Morgan fingerprint density at radius 1 is 0.967 bits per heavy atom. The van der Waals surface area contributed by atoms with E-state index >= 15 is 0 Å². The lowest BCUT2D eigenvalue weighted by molar-refractivity contribution is -0.116. The molecular weight excluding hydrogens is 424 g/mol. The highest BCUT2D eigenvalue weighted by atomic mass is 35.5. The highest BCUT2D eigenvalue weighted by molar-refractivity contribution is 7.89. The number of anilines is 1. The molecule has 0 saturated heterocycles. The molecule has 0 spiro atoms. The van der Waals surface area contributed by atoms with E-state index in [1.807, 2.05) is 0 Å². The van der Waals surface area contributed by atoms with Crippen molar-refractivity contribution in [2.24, 2.45) is 0 Å². The fraction of sp³-hybridized carbons (Fsp3) is 0.136. The van der Waals surface area contributed by atoms with Gasteiger partial charge >= 0.3 is 0 Å². The van der Waals surface area contributed by atoms with E-state index in [0.29, 0.717) is 22.0 Å². The maximum atomic E-state index is 13.2. The Kier molecular flexibility index (Phi) is 7.10. The Morgan fingerprint density at radius 3 is 2.27 bits per heavy atom. The fourth-order valence-electron chi connectivity index (χ4n) is 2.86. The zero-order valence-electron chi connectivity index (χ0n) is 16.3. The van der Waals surface area contributed by atoms with Crippen LogP contribution in [0.15, 0.2) is 83.8 Å². The van der Waals surface area contributed by atoms with Crippen molar-refractivity contribution in [3.05, 3.63) is 89.4 Å². The number of carbonyl (C=O) groups is 1. The summed E-state index contributed by atoms with van der Waals surface area (Å²) in [6.45, 7) is -0.342. The maximum Gasteiger partial charge on any atom is 0.243 e. The summed E-state index contributed by atoms with van der Waals surface area (Å²) in [5.41, 5.74) is 1.18. The number of halogens is 1. The highest BCUT2D eigenvalue weighted by Gasteiger charge is 2.27. The molecule has 0 heterocycles. The summed E-state index contributed by atoms with van der Waals surface area (Å²) in [7, 11) is -2.41. The van der Waals surface area contributed by atoms with E-state index in [0.717, 1.165) is 4.31 Å². The van der Waals surface area contributed by atoms with E-state index in [9.17, 15) is 13.2 Å². The minimum absolute atomic E-state index is 0.0216. The quantitative estimate of drug-likeness (QED) is 0.565. The largest absolute Gasteiger partial charge is 0.495 e. The van der Waals surface area contributed by atoms with Crippen molar-refractivity contribution in [2.45, 2.75) is 11.4 Å². The molecule has 0 radical (unpaired) electrons. The van der Waals surface area contributed by atoms with Gasteiger partial charge in [0.15, 0.2) is 0 Å². The molecule has 3 aromatic carbocycles. The molecule has 0 bridgehead atoms. The summed E-state index contributed by atoms with van der Waals surface area (Å²) in [5, 5.41) is 3.27. The van der Waals surface area contributed by atoms with Crippen molar-refractivity contribution in [2.75, 3.05) is 19.0 Å².